The van der Waals surface area contributed by atoms with Gasteiger partial charge in [-0.05, 0) is 12.8 Å². The molecule has 0 amide bonds. The van der Waals surface area contributed by atoms with Crippen molar-refractivity contribution in [3.63, 3.8) is 0 Å². The van der Waals surface area contributed by atoms with E-state index >= 15 is 0 Å². The molecule has 3 nitrogen and oxygen atoms in total. The molecule has 1 saturated carbocycles. The van der Waals surface area contributed by atoms with E-state index in [4.69, 9.17) is 0 Å². The molecule has 11 heavy (non-hydrogen) atoms. The van der Waals surface area contributed by atoms with Crippen LogP contribution in [0.2, 0.25) is 0 Å². The van der Waals surface area contributed by atoms with Crippen LogP contribution in [0.1, 0.15) is 12.8 Å². The summed E-state index contributed by atoms with van der Waals surface area (Å²) in [4.78, 5) is 0. The Morgan fingerprint density at radius 3 is 2.82 bits per heavy atom. The van der Waals surface area contributed by atoms with Gasteiger partial charge in [0.05, 0.1) is 0 Å². The van der Waals surface area contributed by atoms with E-state index in [1.807, 2.05) is 0 Å². The Labute approximate surface area is 81.6 Å². The van der Waals surface area contributed by atoms with Crippen LogP contribution in [-0.4, -0.2) is 40.5 Å². The number of nitrogens with one attached hydrogen (secondary N) is 1. The minimum atomic E-state index is 0.512. The molecule has 0 unspecified atom stereocenters. The highest BCUT2D eigenvalue weighted by Crippen LogP contribution is 2.37. The lowest BCUT2D eigenvalue weighted by atomic mass is 10.2. The molecule has 0 aromatic rings. The van der Waals surface area contributed by atoms with Gasteiger partial charge in [0.2, 0.25) is 0 Å². The molecule has 0 aromatic heterocycles. The summed E-state index contributed by atoms with van der Waals surface area (Å²) < 4.78 is 2.18. The number of hydrogen-bond donors (Lipinski definition) is 1. The first kappa shape index (κ1) is 8.22. The Bertz CT molecular complexity index is 156. The average molecular weight is 267 g/mol. The molecule has 2 fully saturated rings. The number of halogens is 1. The molecule has 0 bridgehead atoms. The van der Waals surface area contributed by atoms with Crippen LogP contribution in [0.15, 0.2) is 0 Å². The first-order chi connectivity index (χ1) is 5.22. The van der Waals surface area contributed by atoms with Crippen molar-refractivity contribution >= 4 is 22.9 Å². The molecule has 0 radical (unpaired) electrons. The maximum atomic E-state index is 3.58. The Morgan fingerprint density at radius 1 is 1.55 bits per heavy atom. The van der Waals surface area contributed by atoms with Crippen LogP contribution < -0.4 is 5.32 Å². The van der Waals surface area contributed by atoms with Gasteiger partial charge < -0.3 is 5.32 Å². The van der Waals surface area contributed by atoms with E-state index in [9.17, 15) is 0 Å². The molecule has 2 rings (SSSR count). The number of hydrogen-bond acceptors (Lipinski definition) is 3. The van der Waals surface area contributed by atoms with Gasteiger partial charge in [-0.3, -0.25) is 0 Å². The van der Waals surface area contributed by atoms with Crippen molar-refractivity contribution < 1.29 is 0 Å². The molecule has 0 aromatic carbocycles. The summed E-state index contributed by atoms with van der Waals surface area (Å²) in [6.07, 6.45) is 2.74. The van der Waals surface area contributed by atoms with E-state index in [0.717, 1.165) is 13.1 Å². The SMILES string of the molecule is CN(I)N1CCNC2(CC2)C1. The van der Waals surface area contributed by atoms with Crippen LogP contribution in [0.4, 0.5) is 0 Å². The van der Waals surface area contributed by atoms with Crippen molar-refractivity contribution in [3.05, 3.63) is 0 Å². The van der Waals surface area contributed by atoms with Gasteiger partial charge in [-0.25, -0.2) is 5.01 Å². The minimum absolute atomic E-state index is 0.512. The molecule has 1 aliphatic heterocycles. The van der Waals surface area contributed by atoms with Gasteiger partial charge in [0.15, 0.2) is 0 Å². The molecule has 1 spiro atoms. The van der Waals surface area contributed by atoms with Crippen molar-refractivity contribution in [3.8, 4) is 0 Å². The number of piperazine rings is 1. The van der Waals surface area contributed by atoms with Crippen LogP contribution >= 0.6 is 22.9 Å². The highest BCUT2D eigenvalue weighted by molar-refractivity contribution is 14.1. The highest BCUT2D eigenvalue weighted by atomic mass is 127. The molecule has 64 valence electrons. The Kier molecular flexibility index (Phi) is 2.11. The minimum Gasteiger partial charge on any atom is -0.309 e. The monoisotopic (exact) mass is 267 g/mol. The zero-order valence-electron chi connectivity index (χ0n) is 6.81. The lowest BCUT2D eigenvalue weighted by molar-refractivity contribution is 0.0688. The second-order valence-corrected chi connectivity index (χ2v) is 4.94. The standard InChI is InChI=1S/C7H14IN3/c1-10(8)11-5-4-9-7(6-11)2-3-7/h9H,2-6H2,1H3. The van der Waals surface area contributed by atoms with Gasteiger partial charge in [-0.2, -0.15) is 3.22 Å². The summed E-state index contributed by atoms with van der Waals surface area (Å²) in [5.41, 5.74) is 0.512. The largest absolute Gasteiger partial charge is 0.309 e. The molecule has 2 aliphatic rings. The van der Waals surface area contributed by atoms with Crippen molar-refractivity contribution in [2.45, 2.75) is 18.4 Å². The Balaban J connectivity index is 1.93. The van der Waals surface area contributed by atoms with E-state index in [-0.39, 0.29) is 0 Å². The third kappa shape index (κ3) is 1.68. The Morgan fingerprint density at radius 2 is 2.27 bits per heavy atom. The van der Waals surface area contributed by atoms with Gasteiger partial charge in [0.25, 0.3) is 0 Å². The zero-order chi connectivity index (χ0) is 7.90. The van der Waals surface area contributed by atoms with Crippen molar-refractivity contribution in [2.24, 2.45) is 0 Å². The third-order valence-corrected chi connectivity index (χ3v) is 3.21. The van der Waals surface area contributed by atoms with Crippen molar-refractivity contribution in [2.75, 3.05) is 26.7 Å². The number of hydrazine groups is 1. The van der Waals surface area contributed by atoms with Crippen LogP contribution in [0.25, 0.3) is 0 Å². The van der Waals surface area contributed by atoms with E-state index in [0.29, 0.717) is 5.54 Å². The molecule has 4 heteroatoms. The second kappa shape index (κ2) is 2.83. The smallest absolute Gasteiger partial charge is 0.0366 e. The summed E-state index contributed by atoms with van der Waals surface area (Å²) in [5.74, 6) is 0. The van der Waals surface area contributed by atoms with Gasteiger partial charge >= 0.3 is 0 Å². The molecule has 1 saturated heterocycles. The van der Waals surface area contributed by atoms with E-state index in [2.05, 4.69) is 43.5 Å². The van der Waals surface area contributed by atoms with Gasteiger partial charge in [0, 0.05) is 55.1 Å². The van der Waals surface area contributed by atoms with E-state index in [1.54, 1.807) is 0 Å². The van der Waals surface area contributed by atoms with E-state index in [1.165, 1.54) is 19.4 Å². The van der Waals surface area contributed by atoms with Crippen molar-refractivity contribution in [1.29, 1.82) is 0 Å². The van der Waals surface area contributed by atoms with E-state index < -0.39 is 0 Å². The molecular formula is C7H14IN3. The predicted molar refractivity (Wildman–Crippen MR) is 53.3 cm³/mol. The third-order valence-electron chi connectivity index (χ3n) is 2.60. The summed E-state index contributed by atoms with van der Waals surface area (Å²) in [7, 11) is 2.11. The fourth-order valence-corrected chi connectivity index (χ4v) is 2.02. The predicted octanol–water partition coefficient (Wildman–Crippen LogP) is 0.621. The summed E-state index contributed by atoms with van der Waals surface area (Å²) in [5, 5.41) is 5.99. The fraction of sp³-hybridized carbons (Fsp3) is 1.00. The highest BCUT2D eigenvalue weighted by Gasteiger charge is 2.45. The van der Waals surface area contributed by atoms with Crippen molar-refractivity contribution in [1.82, 2.24) is 13.5 Å². The number of rotatable bonds is 1. The maximum absolute atomic E-state index is 3.58. The topological polar surface area (TPSA) is 18.5 Å². The molecular weight excluding hydrogens is 253 g/mol. The van der Waals surface area contributed by atoms with Crippen LogP contribution in [0.5, 0.6) is 0 Å². The maximum Gasteiger partial charge on any atom is 0.0366 e. The lowest BCUT2D eigenvalue weighted by Gasteiger charge is -2.36. The van der Waals surface area contributed by atoms with Crippen LogP contribution in [0.3, 0.4) is 0 Å². The number of nitrogens with zero attached hydrogens (tertiary/aromatic N) is 2. The zero-order valence-corrected chi connectivity index (χ0v) is 8.97. The second-order valence-electron chi connectivity index (χ2n) is 3.54. The average Bonchev–Trinajstić information content (AvgIpc) is 2.69. The first-order valence-corrected chi connectivity index (χ1v) is 5.08. The summed E-state index contributed by atoms with van der Waals surface area (Å²) in [6, 6.07) is 0. The lowest BCUT2D eigenvalue weighted by Crippen LogP contribution is -2.55. The van der Waals surface area contributed by atoms with Gasteiger partial charge in [-0.15, -0.1) is 0 Å². The molecule has 1 heterocycles. The molecule has 0 atom stereocenters. The fourth-order valence-electron chi connectivity index (χ4n) is 1.66. The summed E-state index contributed by atoms with van der Waals surface area (Å²) in [6.45, 7) is 3.50. The van der Waals surface area contributed by atoms with Crippen LogP contribution in [0, 0.1) is 0 Å². The quantitative estimate of drug-likeness (QED) is 0.555. The molecule has 1 N–H and O–H groups in total. The van der Waals surface area contributed by atoms with Gasteiger partial charge in [0.1, 0.15) is 0 Å². The molecule has 1 aliphatic carbocycles. The normalized spacial score (nSPS) is 29.7. The summed E-state index contributed by atoms with van der Waals surface area (Å²) >= 11 is 2.34. The van der Waals surface area contributed by atoms with Crippen LogP contribution in [-0.2, 0) is 0 Å². The first-order valence-electron chi connectivity index (χ1n) is 4.11. The van der Waals surface area contributed by atoms with Gasteiger partial charge in [-0.1, -0.05) is 0 Å². The Hall–Kier alpha value is 0.610.